The Balaban J connectivity index is 1.72. The van der Waals surface area contributed by atoms with Crippen molar-refractivity contribution in [2.45, 2.75) is 6.54 Å². The average molecular weight is 421 g/mol. The summed E-state index contributed by atoms with van der Waals surface area (Å²) in [6.07, 6.45) is 1.71. The Morgan fingerprint density at radius 2 is 1.62 bits per heavy atom. The molecule has 5 aromatic rings. The van der Waals surface area contributed by atoms with Crippen LogP contribution < -0.4 is 0 Å². The van der Waals surface area contributed by atoms with Crippen LogP contribution in [0.15, 0.2) is 67.0 Å². The van der Waals surface area contributed by atoms with E-state index in [1.54, 1.807) is 12.4 Å². The summed E-state index contributed by atoms with van der Waals surface area (Å²) < 4.78 is 1.90. The second kappa shape index (κ2) is 7.03. The van der Waals surface area contributed by atoms with Crippen molar-refractivity contribution in [3.05, 3.63) is 82.9 Å². The molecule has 0 atom stereocenters. The smallest absolute Gasteiger partial charge is 0.225 e. The number of halogens is 2. The first-order valence-electron chi connectivity index (χ1n) is 8.94. The fourth-order valence-corrected chi connectivity index (χ4v) is 3.88. The first kappa shape index (κ1) is 17.9. The molecule has 0 amide bonds. The van der Waals surface area contributed by atoms with Crippen LogP contribution in [0.4, 0.5) is 0 Å². The molecule has 0 aliphatic heterocycles. The minimum absolute atomic E-state index is 0.130. The number of phenolic OH excluding ortho intramolecular Hbond substituents is 1. The van der Waals surface area contributed by atoms with Gasteiger partial charge in [0, 0.05) is 16.0 Å². The van der Waals surface area contributed by atoms with Gasteiger partial charge in [0.1, 0.15) is 17.0 Å². The summed E-state index contributed by atoms with van der Waals surface area (Å²) in [5.41, 5.74) is 3.67. The first-order valence-corrected chi connectivity index (χ1v) is 9.70. The van der Waals surface area contributed by atoms with Gasteiger partial charge in [0.2, 0.25) is 5.28 Å². The van der Waals surface area contributed by atoms with Crippen molar-refractivity contribution >= 4 is 45.1 Å². The van der Waals surface area contributed by atoms with E-state index in [1.807, 2.05) is 59.2 Å². The lowest BCUT2D eigenvalue weighted by molar-refractivity contribution is 0.481. The Hall–Kier alpha value is -3.15. The van der Waals surface area contributed by atoms with Crippen LogP contribution in [0.2, 0.25) is 10.3 Å². The van der Waals surface area contributed by atoms with Gasteiger partial charge >= 0.3 is 0 Å². The predicted molar refractivity (Wildman–Crippen MR) is 115 cm³/mol. The van der Waals surface area contributed by atoms with Gasteiger partial charge in [-0.2, -0.15) is 4.98 Å². The molecule has 2 aromatic heterocycles. The molecule has 29 heavy (non-hydrogen) atoms. The van der Waals surface area contributed by atoms with Crippen LogP contribution in [0.3, 0.4) is 0 Å². The Morgan fingerprint density at radius 3 is 2.45 bits per heavy atom. The summed E-state index contributed by atoms with van der Waals surface area (Å²) in [6, 6.07) is 18.7. The van der Waals surface area contributed by atoms with Gasteiger partial charge in [-0.15, -0.1) is 0 Å². The summed E-state index contributed by atoms with van der Waals surface area (Å²) in [5, 5.41) is 12.6. The number of aromatic hydroxyl groups is 1. The quantitative estimate of drug-likeness (QED) is 0.379. The van der Waals surface area contributed by atoms with Crippen LogP contribution in [0, 0.1) is 0 Å². The van der Waals surface area contributed by atoms with Crippen molar-refractivity contribution in [2.24, 2.45) is 0 Å². The Labute approximate surface area is 176 Å². The third kappa shape index (κ3) is 3.09. The molecule has 0 saturated heterocycles. The first-order chi connectivity index (χ1) is 14.1. The summed E-state index contributed by atoms with van der Waals surface area (Å²) in [4.78, 5) is 13.4. The molecular weight excluding hydrogens is 407 g/mol. The van der Waals surface area contributed by atoms with Crippen LogP contribution >= 0.6 is 23.2 Å². The van der Waals surface area contributed by atoms with E-state index < -0.39 is 0 Å². The van der Waals surface area contributed by atoms with E-state index in [1.165, 1.54) is 0 Å². The van der Waals surface area contributed by atoms with Crippen LogP contribution in [-0.4, -0.2) is 24.6 Å². The van der Waals surface area contributed by atoms with E-state index >= 15 is 0 Å². The Morgan fingerprint density at radius 1 is 0.862 bits per heavy atom. The van der Waals surface area contributed by atoms with Gasteiger partial charge in [0.05, 0.1) is 12.9 Å². The second-order valence-electron chi connectivity index (χ2n) is 6.66. The maximum absolute atomic E-state index is 10.2. The summed E-state index contributed by atoms with van der Waals surface area (Å²) in [6.45, 7) is 0.513. The molecule has 0 aliphatic rings. The lowest BCUT2D eigenvalue weighted by Gasteiger charge is -2.10. The van der Waals surface area contributed by atoms with E-state index in [0.29, 0.717) is 28.4 Å². The van der Waals surface area contributed by atoms with Gasteiger partial charge < -0.3 is 9.67 Å². The van der Waals surface area contributed by atoms with Crippen molar-refractivity contribution < 1.29 is 5.11 Å². The van der Waals surface area contributed by atoms with Gasteiger partial charge in [-0.25, -0.2) is 9.97 Å². The van der Waals surface area contributed by atoms with Crippen LogP contribution in [0.1, 0.15) is 5.56 Å². The maximum Gasteiger partial charge on any atom is 0.225 e. The van der Waals surface area contributed by atoms with E-state index in [0.717, 1.165) is 21.9 Å². The zero-order valence-corrected chi connectivity index (χ0v) is 16.6. The number of rotatable bonds is 3. The van der Waals surface area contributed by atoms with Gasteiger partial charge in [-0.3, -0.25) is 0 Å². The zero-order valence-electron chi connectivity index (χ0n) is 15.0. The highest BCUT2D eigenvalue weighted by Crippen LogP contribution is 2.36. The molecule has 0 saturated carbocycles. The van der Waals surface area contributed by atoms with E-state index in [9.17, 15) is 5.11 Å². The molecule has 7 heteroatoms. The third-order valence-corrected chi connectivity index (χ3v) is 5.43. The van der Waals surface area contributed by atoms with E-state index in [-0.39, 0.29) is 11.0 Å². The van der Waals surface area contributed by atoms with E-state index in [2.05, 4.69) is 15.0 Å². The average Bonchev–Trinajstić information content (AvgIpc) is 3.12. The number of imidazole rings is 1. The molecule has 0 fully saturated rings. The number of benzene rings is 3. The lowest BCUT2D eigenvalue weighted by atomic mass is 10.0. The van der Waals surface area contributed by atoms with Crippen molar-refractivity contribution in [3.8, 4) is 17.0 Å². The minimum atomic E-state index is 0.130. The summed E-state index contributed by atoms with van der Waals surface area (Å²) >= 11 is 12.6. The minimum Gasteiger partial charge on any atom is -0.507 e. The fourth-order valence-electron chi connectivity index (χ4n) is 3.52. The monoisotopic (exact) mass is 420 g/mol. The number of hydrogen-bond acceptors (Lipinski definition) is 4. The van der Waals surface area contributed by atoms with E-state index in [4.69, 9.17) is 23.2 Å². The molecular formula is C22H14Cl2N4O. The molecule has 3 aromatic carbocycles. The molecule has 0 spiro atoms. The highest BCUT2D eigenvalue weighted by atomic mass is 35.5. The van der Waals surface area contributed by atoms with Crippen molar-refractivity contribution in [2.75, 3.05) is 0 Å². The number of hydrogen-bond donors (Lipinski definition) is 1. The molecule has 2 heterocycles. The molecule has 0 bridgehead atoms. The number of nitrogens with zero attached hydrogens (tertiary/aromatic N) is 4. The normalized spacial score (nSPS) is 11.4. The number of phenols is 1. The lowest BCUT2D eigenvalue weighted by Crippen LogP contribution is -2.01. The largest absolute Gasteiger partial charge is 0.507 e. The van der Waals surface area contributed by atoms with Gasteiger partial charge in [-0.05, 0) is 40.7 Å². The van der Waals surface area contributed by atoms with Crippen LogP contribution in [-0.2, 0) is 6.54 Å². The topological polar surface area (TPSA) is 63.8 Å². The number of fused-ring (bicyclic) bond motifs is 2. The zero-order chi connectivity index (χ0) is 20.0. The molecule has 0 unspecified atom stereocenters. The third-order valence-electron chi connectivity index (χ3n) is 4.89. The summed E-state index contributed by atoms with van der Waals surface area (Å²) in [7, 11) is 0. The predicted octanol–water partition coefficient (Wildman–Crippen LogP) is 5.71. The molecule has 0 aliphatic carbocycles. The SMILES string of the molecule is Oc1ccc(-c2nc(Cl)nc3c2ncn3Cc2ccccc2Cl)c2ccccc12. The fraction of sp³-hybridized carbons (Fsp3) is 0.0455. The Bertz CT molecular complexity index is 1380. The maximum atomic E-state index is 10.2. The van der Waals surface area contributed by atoms with Crippen LogP contribution in [0.25, 0.3) is 33.2 Å². The van der Waals surface area contributed by atoms with Crippen molar-refractivity contribution in [1.29, 1.82) is 0 Å². The number of aromatic nitrogens is 4. The van der Waals surface area contributed by atoms with Crippen LogP contribution in [0.5, 0.6) is 5.75 Å². The standard InChI is InChI=1S/C22H14Cl2N4O/c23-17-8-4-1-5-13(17)11-28-12-25-20-19(26-22(24)27-21(20)28)16-9-10-18(29)15-7-3-2-6-14(15)16/h1-10,12,29H,11H2. The second-order valence-corrected chi connectivity index (χ2v) is 7.40. The van der Waals surface area contributed by atoms with Gasteiger partial charge in [0.25, 0.3) is 0 Å². The molecule has 5 rings (SSSR count). The molecule has 0 radical (unpaired) electrons. The molecule has 142 valence electrons. The Kier molecular flexibility index (Phi) is 4.34. The molecule has 5 nitrogen and oxygen atoms in total. The highest BCUT2D eigenvalue weighted by Gasteiger charge is 2.17. The van der Waals surface area contributed by atoms with Gasteiger partial charge in [-0.1, -0.05) is 54.1 Å². The van der Waals surface area contributed by atoms with Crippen molar-refractivity contribution in [3.63, 3.8) is 0 Å². The summed E-state index contributed by atoms with van der Waals surface area (Å²) in [5.74, 6) is 0.213. The van der Waals surface area contributed by atoms with Crippen molar-refractivity contribution in [1.82, 2.24) is 19.5 Å². The van der Waals surface area contributed by atoms with Gasteiger partial charge in [0.15, 0.2) is 5.65 Å². The molecule has 1 N–H and O–H groups in total. The highest BCUT2D eigenvalue weighted by molar-refractivity contribution is 6.31.